The maximum absolute atomic E-state index is 13.0. The summed E-state index contributed by atoms with van der Waals surface area (Å²) in [6.07, 6.45) is 1.12. The number of carbonyl (C=O) groups is 1. The lowest BCUT2D eigenvalue weighted by Gasteiger charge is -2.33. The number of hydrogen-bond acceptors (Lipinski definition) is 5. The van der Waals surface area contributed by atoms with Gasteiger partial charge in [-0.05, 0) is 55.2 Å². The number of H-pyrrole nitrogens is 1. The number of fused-ring (bicyclic) bond motifs is 1. The van der Waals surface area contributed by atoms with Gasteiger partial charge in [0.1, 0.15) is 12.4 Å². The van der Waals surface area contributed by atoms with E-state index < -0.39 is 0 Å². The molecule has 1 aliphatic heterocycles. The van der Waals surface area contributed by atoms with E-state index >= 15 is 0 Å². The van der Waals surface area contributed by atoms with E-state index in [1.165, 1.54) is 5.56 Å². The Kier molecular flexibility index (Phi) is 9.90. The second-order valence-electron chi connectivity index (χ2n) is 10.2. The van der Waals surface area contributed by atoms with E-state index in [1.54, 1.807) is 12.0 Å². The van der Waals surface area contributed by atoms with E-state index in [4.69, 9.17) is 9.47 Å². The number of aromatic amines is 1. The van der Waals surface area contributed by atoms with Crippen molar-refractivity contribution < 1.29 is 14.3 Å². The summed E-state index contributed by atoms with van der Waals surface area (Å²) in [5.41, 5.74) is 3.99. The summed E-state index contributed by atoms with van der Waals surface area (Å²) in [5.74, 6) is 0.824. The van der Waals surface area contributed by atoms with Crippen molar-refractivity contribution in [2.75, 3.05) is 26.8 Å². The van der Waals surface area contributed by atoms with Crippen LogP contribution in [-0.2, 0) is 17.8 Å². The van der Waals surface area contributed by atoms with Gasteiger partial charge >= 0.3 is 11.8 Å². The van der Waals surface area contributed by atoms with Gasteiger partial charge in [0.05, 0.1) is 18.1 Å². The first kappa shape index (κ1) is 29.2. The number of ether oxygens (including phenoxy) is 2. The van der Waals surface area contributed by atoms with Gasteiger partial charge in [-0.1, -0.05) is 54.6 Å². The molecule has 0 radical (unpaired) electrons. The highest BCUT2D eigenvalue weighted by atomic mass is 35.5. The number of piperidine rings is 1. The Morgan fingerprint density at radius 1 is 0.975 bits per heavy atom. The summed E-state index contributed by atoms with van der Waals surface area (Å²) in [7, 11) is 1.67. The average molecular weight is 565 g/mol. The summed E-state index contributed by atoms with van der Waals surface area (Å²) in [6.45, 7) is 4.93. The standard InChI is InChI=1S/C31H36N4O4.ClH/c1-23(34(20-24-9-4-3-5-10-24)21-25-11-8-12-27(19-25)38-2)22-39-31(37)33-17-15-26(16-18-33)35-29-14-7-6-13-28(29)32-30(35)36;/h3-14,19,23,26H,15-18,20-22H2,1-2H3,(H,32,36);1H/t23-;/m0./s1. The van der Waals surface area contributed by atoms with Crippen LogP contribution >= 0.6 is 12.4 Å². The Morgan fingerprint density at radius 3 is 2.40 bits per heavy atom. The molecule has 0 bridgehead atoms. The number of rotatable bonds is 9. The molecule has 4 aromatic rings. The zero-order valence-corrected chi connectivity index (χ0v) is 23.8. The number of likely N-dealkylation sites (tertiary alicyclic amines) is 1. The van der Waals surface area contributed by atoms with Gasteiger partial charge in [0.25, 0.3) is 0 Å². The first-order valence-electron chi connectivity index (χ1n) is 13.5. The molecule has 212 valence electrons. The molecule has 1 amide bonds. The van der Waals surface area contributed by atoms with Crippen molar-refractivity contribution in [3.05, 3.63) is 100 Å². The molecular weight excluding hydrogens is 528 g/mol. The van der Waals surface area contributed by atoms with Gasteiger partial charge in [0, 0.05) is 38.3 Å². The lowest BCUT2D eigenvalue weighted by atomic mass is 10.0. The Hall–Kier alpha value is -3.75. The summed E-state index contributed by atoms with van der Waals surface area (Å²) in [5, 5.41) is 0. The molecule has 1 aromatic heterocycles. The van der Waals surface area contributed by atoms with Crippen LogP contribution in [0.4, 0.5) is 4.79 Å². The molecule has 1 atom stereocenters. The minimum atomic E-state index is -0.299. The fourth-order valence-corrected chi connectivity index (χ4v) is 5.32. The monoisotopic (exact) mass is 564 g/mol. The third-order valence-corrected chi connectivity index (χ3v) is 7.53. The zero-order valence-electron chi connectivity index (χ0n) is 23.0. The SMILES string of the molecule is COc1cccc(CN(Cc2ccccc2)[C@@H](C)COC(=O)N2CCC(n3c(=O)[nH]c4ccccc43)CC2)c1.Cl. The predicted octanol–water partition coefficient (Wildman–Crippen LogP) is 5.62. The smallest absolute Gasteiger partial charge is 0.409 e. The number of aromatic nitrogens is 2. The molecule has 0 unspecified atom stereocenters. The molecule has 0 spiro atoms. The Morgan fingerprint density at radius 2 is 1.65 bits per heavy atom. The van der Waals surface area contributed by atoms with E-state index in [0.29, 0.717) is 32.5 Å². The third kappa shape index (κ3) is 6.87. The molecular formula is C31H37ClN4O4. The number of para-hydroxylation sites is 2. The van der Waals surface area contributed by atoms with Gasteiger partial charge in [0.15, 0.2) is 0 Å². The molecule has 1 aliphatic rings. The van der Waals surface area contributed by atoms with Crippen molar-refractivity contribution in [3.8, 4) is 5.75 Å². The molecule has 0 saturated carbocycles. The first-order valence-corrected chi connectivity index (χ1v) is 13.5. The fraction of sp³-hybridized carbons (Fsp3) is 0.355. The summed E-state index contributed by atoms with van der Waals surface area (Å²) in [4.78, 5) is 32.6. The van der Waals surface area contributed by atoms with E-state index in [9.17, 15) is 9.59 Å². The number of carbonyl (C=O) groups excluding carboxylic acids is 1. The van der Waals surface area contributed by atoms with Crippen molar-refractivity contribution in [1.82, 2.24) is 19.4 Å². The molecule has 40 heavy (non-hydrogen) atoms. The minimum absolute atomic E-state index is 0. The molecule has 0 aliphatic carbocycles. The van der Waals surface area contributed by atoms with Gasteiger partial charge in [0.2, 0.25) is 0 Å². The van der Waals surface area contributed by atoms with Crippen LogP contribution in [0.2, 0.25) is 0 Å². The highest BCUT2D eigenvalue weighted by Crippen LogP contribution is 2.25. The van der Waals surface area contributed by atoms with E-state index in [2.05, 4.69) is 35.0 Å². The van der Waals surface area contributed by atoms with Crippen molar-refractivity contribution in [1.29, 1.82) is 0 Å². The number of imidazole rings is 1. The largest absolute Gasteiger partial charge is 0.497 e. The van der Waals surface area contributed by atoms with Crippen molar-refractivity contribution in [2.24, 2.45) is 0 Å². The van der Waals surface area contributed by atoms with Gasteiger partial charge in [-0.3, -0.25) is 9.47 Å². The third-order valence-electron chi connectivity index (χ3n) is 7.53. The molecule has 8 nitrogen and oxygen atoms in total. The van der Waals surface area contributed by atoms with Crippen molar-refractivity contribution in [2.45, 2.75) is 44.9 Å². The molecule has 1 N–H and O–H groups in total. The van der Waals surface area contributed by atoms with Gasteiger partial charge in [-0.25, -0.2) is 9.59 Å². The van der Waals surface area contributed by atoms with Gasteiger partial charge in [-0.15, -0.1) is 12.4 Å². The number of nitrogens with zero attached hydrogens (tertiary/aromatic N) is 3. The average Bonchev–Trinajstić information content (AvgIpc) is 3.31. The second kappa shape index (κ2) is 13.5. The zero-order chi connectivity index (χ0) is 27.2. The Labute approximate surface area is 240 Å². The molecule has 3 aromatic carbocycles. The van der Waals surface area contributed by atoms with Crippen LogP contribution in [0.1, 0.15) is 36.9 Å². The van der Waals surface area contributed by atoms with Crippen LogP contribution in [0.5, 0.6) is 5.75 Å². The minimum Gasteiger partial charge on any atom is -0.497 e. The Balaban J connectivity index is 0.00000370. The lowest BCUT2D eigenvalue weighted by Crippen LogP contribution is -2.42. The molecule has 9 heteroatoms. The van der Waals surface area contributed by atoms with Gasteiger partial charge in [-0.2, -0.15) is 0 Å². The molecule has 1 fully saturated rings. The van der Waals surface area contributed by atoms with Gasteiger partial charge < -0.3 is 19.4 Å². The van der Waals surface area contributed by atoms with Crippen LogP contribution in [0.15, 0.2) is 83.7 Å². The Bertz CT molecular complexity index is 1450. The number of hydrogen-bond donors (Lipinski definition) is 1. The second-order valence-corrected chi connectivity index (χ2v) is 10.2. The number of amides is 1. The highest BCUT2D eigenvalue weighted by molar-refractivity contribution is 5.85. The quantitative estimate of drug-likeness (QED) is 0.285. The lowest BCUT2D eigenvalue weighted by molar-refractivity contribution is 0.0567. The van der Waals surface area contributed by atoms with Crippen LogP contribution in [0.3, 0.4) is 0 Å². The first-order chi connectivity index (χ1) is 19.0. The maximum Gasteiger partial charge on any atom is 0.409 e. The molecule has 1 saturated heterocycles. The van der Waals surface area contributed by atoms with Crippen molar-refractivity contribution in [3.63, 3.8) is 0 Å². The summed E-state index contributed by atoms with van der Waals surface area (Å²) in [6, 6.07) is 26.2. The van der Waals surface area contributed by atoms with Crippen molar-refractivity contribution >= 4 is 29.5 Å². The topological polar surface area (TPSA) is 79.8 Å². The predicted molar refractivity (Wildman–Crippen MR) is 159 cm³/mol. The van der Waals surface area contributed by atoms with E-state index in [-0.39, 0.29) is 42.9 Å². The van der Waals surface area contributed by atoms with Crippen LogP contribution < -0.4 is 10.4 Å². The molecule has 5 rings (SSSR count). The number of nitrogens with one attached hydrogen (secondary N) is 1. The number of halogens is 1. The fourth-order valence-electron chi connectivity index (χ4n) is 5.32. The number of benzene rings is 3. The molecule has 2 heterocycles. The summed E-state index contributed by atoms with van der Waals surface area (Å²) >= 11 is 0. The van der Waals surface area contributed by atoms with E-state index in [1.807, 2.05) is 65.2 Å². The van der Waals surface area contributed by atoms with Crippen LogP contribution in [0.25, 0.3) is 11.0 Å². The maximum atomic E-state index is 13.0. The normalized spacial score (nSPS) is 14.6. The highest BCUT2D eigenvalue weighted by Gasteiger charge is 2.27. The van der Waals surface area contributed by atoms with Crippen LogP contribution in [0, 0.1) is 0 Å². The number of methoxy groups -OCH3 is 1. The van der Waals surface area contributed by atoms with Crippen LogP contribution in [-0.4, -0.2) is 58.3 Å². The summed E-state index contributed by atoms with van der Waals surface area (Å²) < 4.78 is 13.0. The van der Waals surface area contributed by atoms with E-state index in [0.717, 1.165) is 28.9 Å².